The van der Waals surface area contributed by atoms with Gasteiger partial charge in [0.15, 0.2) is 0 Å². The minimum Gasteiger partial charge on any atom is -0.324 e. The molecule has 0 spiro atoms. The Morgan fingerprint density at radius 2 is 1.60 bits per heavy atom. The van der Waals surface area contributed by atoms with Crippen LogP contribution in [0.5, 0.6) is 0 Å². The molecule has 35 heavy (non-hydrogen) atoms. The first-order valence-electron chi connectivity index (χ1n) is 11.7. The van der Waals surface area contributed by atoms with Gasteiger partial charge in [-0.05, 0) is 56.0 Å². The molecule has 0 saturated carbocycles. The van der Waals surface area contributed by atoms with E-state index in [9.17, 15) is 22.8 Å². The third-order valence-corrected chi connectivity index (χ3v) is 8.10. The normalized spacial score (nSPS) is 18.6. The van der Waals surface area contributed by atoms with Crippen molar-refractivity contribution in [2.75, 3.05) is 31.5 Å². The second-order valence-corrected chi connectivity index (χ2v) is 10.6. The summed E-state index contributed by atoms with van der Waals surface area (Å²) in [4.78, 5) is 39.5. The fourth-order valence-corrected chi connectivity index (χ4v) is 5.83. The van der Waals surface area contributed by atoms with Crippen LogP contribution in [0.3, 0.4) is 0 Å². The van der Waals surface area contributed by atoms with Crippen molar-refractivity contribution in [1.82, 2.24) is 20.1 Å². The number of carbonyl (C=O) groups excluding carboxylic acids is 3. The van der Waals surface area contributed by atoms with Crippen LogP contribution in [0.15, 0.2) is 59.5 Å². The third kappa shape index (κ3) is 5.98. The van der Waals surface area contributed by atoms with E-state index < -0.39 is 27.8 Å². The van der Waals surface area contributed by atoms with Gasteiger partial charge in [-0.25, -0.2) is 13.2 Å². The van der Waals surface area contributed by atoms with E-state index in [2.05, 4.69) is 16.2 Å². The van der Waals surface area contributed by atoms with E-state index in [1.807, 2.05) is 18.2 Å². The second-order valence-electron chi connectivity index (χ2n) is 8.66. The third-order valence-electron chi connectivity index (χ3n) is 6.20. The molecule has 4 amide bonds. The number of hydrogen-bond donors (Lipinski definition) is 3. The lowest BCUT2D eigenvalue weighted by atomic mass is 9.98. The Bertz CT molecular complexity index is 1180. The maximum atomic E-state index is 12.8. The number of nitrogens with zero attached hydrogens (tertiary/aromatic N) is 2. The fraction of sp³-hybridized carbons (Fsp3) is 0.375. The van der Waals surface area contributed by atoms with E-state index in [1.165, 1.54) is 28.6 Å². The topological polar surface area (TPSA) is 128 Å². The first-order chi connectivity index (χ1) is 16.8. The summed E-state index contributed by atoms with van der Waals surface area (Å²) in [5.74, 6) is -1.50. The highest BCUT2D eigenvalue weighted by molar-refractivity contribution is 7.89. The highest BCUT2D eigenvalue weighted by Crippen LogP contribution is 2.22. The van der Waals surface area contributed by atoms with Crippen LogP contribution in [0.1, 0.15) is 36.0 Å². The number of likely N-dealkylation sites (tertiary alicyclic amines) is 1. The molecule has 3 N–H and O–H groups in total. The van der Waals surface area contributed by atoms with Gasteiger partial charge in [-0.2, -0.15) is 4.31 Å². The molecule has 0 aliphatic carbocycles. The smallest absolute Gasteiger partial charge is 0.321 e. The molecule has 11 heteroatoms. The van der Waals surface area contributed by atoms with Gasteiger partial charge >= 0.3 is 6.03 Å². The maximum absolute atomic E-state index is 12.8. The SMILES string of the molecule is O=C(NNC(=O)C1CCCN(C(=O)Nc2ccccc2)C1)c1cccc(S(=O)(=O)N2CCCC2)c1. The zero-order chi connectivity index (χ0) is 24.8. The van der Waals surface area contributed by atoms with Crippen LogP contribution < -0.4 is 16.2 Å². The van der Waals surface area contributed by atoms with Gasteiger partial charge in [-0.1, -0.05) is 24.3 Å². The molecule has 1 unspecified atom stereocenters. The van der Waals surface area contributed by atoms with Crippen LogP contribution >= 0.6 is 0 Å². The molecule has 0 radical (unpaired) electrons. The van der Waals surface area contributed by atoms with Crippen molar-refractivity contribution in [3.8, 4) is 0 Å². The van der Waals surface area contributed by atoms with Crippen molar-refractivity contribution in [3.05, 3.63) is 60.2 Å². The first-order valence-corrected chi connectivity index (χ1v) is 13.1. The van der Waals surface area contributed by atoms with E-state index in [0.29, 0.717) is 38.2 Å². The Balaban J connectivity index is 1.32. The van der Waals surface area contributed by atoms with Crippen LogP contribution in [-0.2, 0) is 14.8 Å². The zero-order valence-electron chi connectivity index (χ0n) is 19.3. The maximum Gasteiger partial charge on any atom is 0.321 e. The Morgan fingerprint density at radius 3 is 2.34 bits per heavy atom. The van der Waals surface area contributed by atoms with Crippen molar-refractivity contribution in [2.45, 2.75) is 30.6 Å². The Labute approximate surface area is 204 Å². The molecular formula is C24H29N5O5S. The number of sulfonamides is 1. The van der Waals surface area contributed by atoms with Gasteiger partial charge in [0.1, 0.15) is 0 Å². The number of urea groups is 1. The summed E-state index contributed by atoms with van der Waals surface area (Å²) in [5, 5.41) is 2.81. The predicted octanol–water partition coefficient (Wildman–Crippen LogP) is 2.18. The van der Waals surface area contributed by atoms with E-state index in [-0.39, 0.29) is 23.0 Å². The van der Waals surface area contributed by atoms with E-state index in [0.717, 1.165) is 12.8 Å². The first kappa shape index (κ1) is 24.7. The molecule has 186 valence electrons. The summed E-state index contributed by atoms with van der Waals surface area (Å²) in [7, 11) is -3.66. The predicted molar refractivity (Wildman–Crippen MR) is 130 cm³/mol. The highest BCUT2D eigenvalue weighted by Gasteiger charge is 2.30. The van der Waals surface area contributed by atoms with Gasteiger partial charge in [-0.15, -0.1) is 0 Å². The standard InChI is InChI=1S/C24H29N5O5S/c30-22(18-8-6-12-21(16-18)35(33,34)29-14-4-5-15-29)26-27-23(31)19-9-7-13-28(17-19)24(32)25-20-10-2-1-3-11-20/h1-3,6,8,10-12,16,19H,4-5,7,9,13-15,17H2,(H,25,32)(H,26,30)(H,27,31). The number of piperidine rings is 1. The number of hydrogen-bond acceptors (Lipinski definition) is 5. The molecule has 0 bridgehead atoms. The Kier molecular flexibility index (Phi) is 7.67. The van der Waals surface area contributed by atoms with Gasteiger partial charge in [0, 0.05) is 37.4 Å². The molecule has 2 aliphatic rings. The summed E-state index contributed by atoms with van der Waals surface area (Å²) < 4.78 is 27.0. The van der Waals surface area contributed by atoms with E-state index >= 15 is 0 Å². The minimum atomic E-state index is -3.66. The monoisotopic (exact) mass is 499 g/mol. The largest absolute Gasteiger partial charge is 0.324 e. The van der Waals surface area contributed by atoms with Gasteiger partial charge in [0.25, 0.3) is 5.91 Å². The molecule has 2 saturated heterocycles. The minimum absolute atomic E-state index is 0.0470. The molecule has 0 aromatic heterocycles. The number of amides is 4. The number of benzene rings is 2. The molecule has 10 nitrogen and oxygen atoms in total. The molecule has 2 aromatic rings. The van der Waals surface area contributed by atoms with Crippen LogP contribution in [0.25, 0.3) is 0 Å². The lowest BCUT2D eigenvalue weighted by molar-refractivity contribution is -0.127. The Morgan fingerprint density at radius 1 is 0.857 bits per heavy atom. The fourth-order valence-electron chi connectivity index (χ4n) is 4.27. The number of anilines is 1. The Hall–Kier alpha value is -3.44. The van der Waals surface area contributed by atoms with E-state index in [1.54, 1.807) is 17.0 Å². The summed E-state index contributed by atoms with van der Waals surface area (Å²) in [6.07, 6.45) is 2.88. The summed E-state index contributed by atoms with van der Waals surface area (Å²) >= 11 is 0. The van der Waals surface area contributed by atoms with Gasteiger partial charge in [0.05, 0.1) is 10.8 Å². The van der Waals surface area contributed by atoms with Crippen molar-refractivity contribution in [2.24, 2.45) is 5.92 Å². The lowest BCUT2D eigenvalue weighted by Crippen LogP contribution is -2.50. The van der Waals surface area contributed by atoms with Crippen LogP contribution in [0.2, 0.25) is 0 Å². The zero-order valence-corrected chi connectivity index (χ0v) is 20.1. The number of nitrogens with one attached hydrogen (secondary N) is 3. The molecule has 2 fully saturated rings. The molecule has 4 rings (SSSR count). The van der Waals surface area contributed by atoms with Gasteiger partial charge in [-0.3, -0.25) is 20.4 Å². The van der Waals surface area contributed by atoms with Gasteiger partial charge < -0.3 is 10.2 Å². The molecular weight excluding hydrogens is 470 g/mol. The van der Waals surface area contributed by atoms with Crippen molar-refractivity contribution in [3.63, 3.8) is 0 Å². The van der Waals surface area contributed by atoms with Crippen LogP contribution in [-0.4, -0.2) is 61.6 Å². The average Bonchev–Trinajstić information content (AvgIpc) is 3.44. The van der Waals surface area contributed by atoms with E-state index in [4.69, 9.17) is 0 Å². The van der Waals surface area contributed by atoms with Crippen molar-refractivity contribution in [1.29, 1.82) is 0 Å². The van der Waals surface area contributed by atoms with Crippen LogP contribution in [0.4, 0.5) is 10.5 Å². The van der Waals surface area contributed by atoms with Gasteiger partial charge in [0.2, 0.25) is 15.9 Å². The number of rotatable bonds is 5. The lowest BCUT2D eigenvalue weighted by Gasteiger charge is -2.32. The molecule has 2 aliphatic heterocycles. The van der Waals surface area contributed by atoms with Crippen molar-refractivity contribution >= 4 is 33.6 Å². The van der Waals surface area contributed by atoms with Crippen LogP contribution in [0, 0.1) is 5.92 Å². The van der Waals surface area contributed by atoms with Crippen molar-refractivity contribution < 1.29 is 22.8 Å². The number of para-hydroxylation sites is 1. The average molecular weight is 500 g/mol. The summed E-state index contributed by atoms with van der Waals surface area (Å²) in [6.45, 7) is 1.70. The second kappa shape index (κ2) is 10.9. The quantitative estimate of drug-likeness (QED) is 0.544. The summed E-state index contributed by atoms with van der Waals surface area (Å²) in [6, 6.07) is 14.5. The summed E-state index contributed by atoms with van der Waals surface area (Å²) in [5.41, 5.74) is 5.57. The number of carbonyl (C=O) groups is 3. The molecule has 2 heterocycles. The molecule has 2 aromatic carbocycles. The number of hydrazine groups is 1. The molecule has 1 atom stereocenters. The highest BCUT2D eigenvalue weighted by atomic mass is 32.2.